The SMILES string of the molecule is CCOc1ccc(C(=O)C(C)(C)C(=O)OC)cc1F. The number of methoxy groups -OCH3 is 1. The Morgan fingerprint density at radius 1 is 1.32 bits per heavy atom. The van der Waals surface area contributed by atoms with Crippen LogP contribution >= 0.6 is 0 Å². The first kappa shape index (κ1) is 15.1. The van der Waals surface area contributed by atoms with Crippen molar-refractivity contribution in [3.63, 3.8) is 0 Å². The quantitative estimate of drug-likeness (QED) is 0.468. The Labute approximate surface area is 111 Å². The molecule has 104 valence electrons. The molecule has 5 heteroatoms. The van der Waals surface area contributed by atoms with Gasteiger partial charge >= 0.3 is 5.97 Å². The Bertz CT molecular complexity index is 494. The first-order valence-electron chi connectivity index (χ1n) is 5.90. The Morgan fingerprint density at radius 2 is 1.95 bits per heavy atom. The van der Waals surface area contributed by atoms with Crippen LogP contribution in [0, 0.1) is 11.2 Å². The van der Waals surface area contributed by atoms with Gasteiger partial charge in [-0.15, -0.1) is 0 Å². The van der Waals surface area contributed by atoms with Crippen LogP contribution in [0.2, 0.25) is 0 Å². The first-order chi connectivity index (χ1) is 8.84. The van der Waals surface area contributed by atoms with E-state index in [0.717, 1.165) is 6.07 Å². The number of ketones is 1. The van der Waals surface area contributed by atoms with E-state index in [4.69, 9.17) is 4.74 Å². The normalized spacial score (nSPS) is 11.0. The molecule has 0 spiro atoms. The highest BCUT2D eigenvalue weighted by Crippen LogP contribution is 2.26. The smallest absolute Gasteiger partial charge is 0.319 e. The Balaban J connectivity index is 3.07. The summed E-state index contributed by atoms with van der Waals surface area (Å²) in [4.78, 5) is 23.7. The predicted octanol–water partition coefficient (Wildman–Crippen LogP) is 2.61. The fourth-order valence-corrected chi connectivity index (χ4v) is 1.62. The van der Waals surface area contributed by atoms with E-state index < -0.39 is 23.0 Å². The van der Waals surface area contributed by atoms with E-state index in [1.54, 1.807) is 6.92 Å². The third kappa shape index (κ3) is 3.10. The molecule has 0 atom stereocenters. The highest BCUT2D eigenvalue weighted by Gasteiger charge is 2.37. The second-order valence-electron chi connectivity index (χ2n) is 4.52. The van der Waals surface area contributed by atoms with Crippen molar-refractivity contribution in [1.82, 2.24) is 0 Å². The zero-order valence-electron chi connectivity index (χ0n) is 11.5. The van der Waals surface area contributed by atoms with Crippen LogP contribution in [0.3, 0.4) is 0 Å². The lowest BCUT2D eigenvalue weighted by Crippen LogP contribution is -2.34. The van der Waals surface area contributed by atoms with E-state index in [0.29, 0.717) is 6.61 Å². The van der Waals surface area contributed by atoms with Crippen molar-refractivity contribution in [2.24, 2.45) is 5.41 Å². The molecule has 0 aliphatic heterocycles. The molecule has 0 radical (unpaired) electrons. The first-order valence-corrected chi connectivity index (χ1v) is 5.90. The number of benzene rings is 1. The van der Waals surface area contributed by atoms with Crippen LogP contribution in [0.4, 0.5) is 4.39 Å². The second-order valence-corrected chi connectivity index (χ2v) is 4.52. The number of carbonyl (C=O) groups excluding carboxylic acids is 2. The maximum absolute atomic E-state index is 13.7. The molecule has 0 saturated carbocycles. The Morgan fingerprint density at radius 3 is 2.42 bits per heavy atom. The van der Waals surface area contributed by atoms with Crippen molar-refractivity contribution in [2.75, 3.05) is 13.7 Å². The molecular weight excluding hydrogens is 251 g/mol. The number of hydrogen-bond donors (Lipinski definition) is 0. The van der Waals surface area contributed by atoms with Crippen molar-refractivity contribution >= 4 is 11.8 Å². The standard InChI is InChI=1S/C14H17FO4/c1-5-19-11-7-6-9(8-10(11)15)12(16)14(2,3)13(17)18-4/h6-8H,5H2,1-4H3. The molecule has 0 saturated heterocycles. The number of halogens is 1. The van der Waals surface area contributed by atoms with Crippen LogP contribution in [0.25, 0.3) is 0 Å². The molecule has 1 aromatic carbocycles. The van der Waals surface area contributed by atoms with Crippen molar-refractivity contribution in [3.8, 4) is 5.75 Å². The van der Waals surface area contributed by atoms with Gasteiger partial charge in [0.2, 0.25) is 0 Å². The van der Waals surface area contributed by atoms with Crippen LogP contribution in [-0.4, -0.2) is 25.5 Å². The number of rotatable bonds is 5. The van der Waals surface area contributed by atoms with E-state index in [1.807, 2.05) is 0 Å². The van der Waals surface area contributed by atoms with Gasteiger partial charge in [-0.1, -0.05) is 0 Å². The summed E-state index contributed by atoms with van der Waals surface area (Å²) in [7, 11) is 1.20. The summed E-state index contributed by atoms with van der Waals surface area (Å²) >= 11 is 0. The summed E-state index contributed by atoms with van der Waals surface area (Å²) in [5, 5.41) is 0. The van der Waals surface area contributed by atoms with Gasteiger partial charge in [0.15, 0.2) is 17.3 Å². The summed E-state index contributed by atoms with van der Waals surface area (Å²) in [6.45, 7) is 4.95. The van der Waals surface area contributed by atoms with E-state index >= 15 is 0 Å². The van der Waals surface area contributed by atoms with E-state index in [-0.39, 0.29) is 11.3 Å². The van der Waals surface area contributed by atoms with E-state index in [1.165, 1.54) is 33.1 Å². The topological polar surface area (TPSA) is 52.6 Å². The van der Waals surface area contributed by atoms with Gasteiger partial charge in [0.05, 0.1) is 13.7 Å². The van der Waals surface area contributed by atoms with Crippen LogP contribution < -0.4 is 4.74 Å². The lowest BCUT2D eigenvalue weighted by atomic mass is 9.84. The van der Waals surface area contributed by atoms with Gasteiger partial charge in [0.1, 0.15) is 5.41 Å². The van der Waals surface area contributed by atoms with Gasteiger partial charge in [-0.05, 0) is 39.0 Å². The molecule has 0 aliphatic rings. The maximum Gasteiger partial charge on any atom is 0.319 e. The number of ether oxygens (including phenoxy) is 2. The fraction of sp³-hybridized carbons (Fsp3) is 0.429. The molecule has 0 aromatic heterocycles. The number of hydrogen-bond acceptors (Lipinski definition) is 4. The monoisotopic (exact) mass is 268 g/mol. The average Bonchev–Trinajstić information content (AvgIpc) is 2.39. The molecule has 4 nitrogen and oxygen atoms in total. The van der Waals surface area contributed by atoms with Crippen LogP contribution in [0.15, 0.2) is 18.2 Å². The van der Waals surface area contributed by atoms with Gasteiger partial charge in [-0.25, -0.2) is 4.39 Å². The molecule has 0 bridgehead atoms. The molecule has 1 rings (SSSR count). The maximum atomic E-state index is 13.7. The van der Waals surface area contributed by atoms with Crippen molar-refractivity contribution in [1.29, 1.82) is 0 Å². The minimum Gasteiger partial charge on any atom is -0.491 e. The summed E-state index contributed by atoms with van der Waals surface area (Å²) in [5.41, 5.74) is -1.25. The molecule has 19 heavy (non-hydrogen) atoms. The third-order valence-corrected chi connectivity index (χ3v) is 2.76. The van der Waals surface area contributed by atoms with Gasteiger partial charge in [0.25, 0.3) is 0 Å². The number of esters is 1. The highest BCUT2D eigenvalue weighted by atomic mass is 19.1. The Kier molecular flexibility index (Phi) is 4.64. The fourth-order valence-electron chi connectivity index (χ4n) is 1.62. The summed E-state index contributed by atoms with van der Waals surface area (Å²) in [5.74, 6) is -1.71. The molecule has 0 amide bonds. The van der Waals surface area contributed by atoms with Crippen molar-refractivity contribution < 1.29 is 23.5 Å². The van der Waals surface area contributed by atoms with Gasteiger partial charge in [0, 0.05) is 5.56 Å². The summed E-state index contributed by atoms with van der Waals surface area (Å²) in [6.07, 6.45) is 0. The van der Waals surface area contributed by atoms with E-state index in [9.17, 15) is 14.0 Å². The largest absolute Gasteiger partial charge is 0.491 e. The lowest BCUT2D eigenvalue weighted by Gasteiger charge is -2.20. The highest BCUT2D eigenvalue weighted by molar-refractivity contribution is 6.11. The molecule has 0 heterocycles. The predicted molar refractivity (Wildman–Crippen MR) is 67.7 cm³/mol. The van der Waals surface area contributed by atoms with E-state index in [2.05, 4.69) is 4.74 Å². The van der Waals surface area contributed by atoms with Crippen molar-refractivity contribution in [3.05, 3.63) is 29.6 Å². The van der Waals surface area contributed by atoms with Crippen molar-refractivity contribution in [2.45, 2.75) is 20.8 Å². The van der Waals surface area contributed by atoms with Gasteiger partial charge in [-0.3, -0.25) is 9.59 Å². The Hall–Kier alpha value is -1.91. The van der Waals surface area contributed by atoms with Gasteiger partial charge in [-0.2, -0.15) is 0 Å². The molecule has 0 N–H and O–H groups in total. The molecular formula is C14H17FO4. The van der Waals surface area contributed by atoms with Crippen LogP contribution in [0.5, 0.6) is 5.75 Å². The molecule has 1 aromatic rings. The second kappa shape index (κ2) is 5.82. The zero-order chi connectivity index (χ0) is 14.6. The minimum atomic E-state index is -1.35. The number of Topliss-reactive ketones (excluding diaryl/α,β-unsaturated/α-hetero) is 1. The summed E-state index contributed by atoms with van der Waals surface area (Å²) < 4.78 is 23.3. The zero-order valence-corrected chi connectivity index (χ0v) is 11.5. The molecule has 0 aliphatic carbocycles. The molecule has 0 fully saturated rings. The lowest BCUT2D eigenvalue weighted by molar-refractivity contribution is -0.147. The average molecular weight is 268 g/mol. The minimum absolute atomic E-state index is 0.0786. The van der Waals surface area contributed by atoms with Gasteiger partial charge < -0.3 is 9.47 Å². The molecule has 0 unspecified atom stereocenters. The summed E-state index contributed by atoms with van der Waals surface area (Å²) in [6, 6.07) is 3.87. The third-order valence-electron chi connectivity index (χ3n) is 2.76. The van der Waals surface area contributed by atoms with Crippen LogP contribution in [0.1, 0.15) is 31.1 Å². The van der Waals surface area contributed by atoms with Crippen LogP contribution in [-0.2, 0) is 9.53 Å². The number of carbonyl (C=O) groups is 2.